The van der Waals surface area contributed by atoms with E-state index in [1.54, 1.807) is 0 Å². The van der Waals surface area contributed by atoms with Gasteiger partial charge in [-0.05, 0) is 50.2 Å². The molecule has 23 heavy (non-hydrogen) atoms. The maximum absolute atomic E-state index is 12.7. The zero-order chi connectivity index (χ0) is 16.1. The first-order chi connectivity index (χ1) is 11.0. The second-order valence-electron chi connectivity index (χ2n) is 8.20. The first-order valence-electron chi connectivity index (χ1n) is 9.11. The molecule has 0 bridgehead atoms. The molecule has 4 aliphatic rings. The number of aliphatic hydroxyl groups is 1. The number of carbonyl (C=O) groups is 1. The summed E-state index contributed by atoms with van der Waals surface area (Å²) < 4.78 is 0.309. The van der Waals surface area contributed by atoms with Gasteiger partial charge in [-0.15, -0.1) is 0 Å². The van der Waals surface area contributed by atoms with Crippen LogP contribution in [-0.4, -0.2) is 64.2 Å². The van der Waals surface area contributed by atoms with Gasteiger partial charge in [-0.3, -0.25) is 4.79 Å². The number of nitrogens with zero attached hydrogens (tertiary/aromatic N) is 1. The Morgan fingerprint density at radius 3 is 2.43 bits per heavy atom. The summed E-state index contributed by atoms with van der Waals surface area (Å²) in [5.41, 5.74) is 5.61. The van der Waals surface area contributed by atoms with Crippen LogP contribution < -0.4 is 11.1 Å². The maximum atomic E-state index is 12.7. The second kappa shape index (κ2) is 5.90. The van der Waals surface area contributed by atoms with E-state index in [9.17, 15) is 9.90 Å². The van der Waals surface area contributed by atoms with E-state index >= 15 is 0 Å². The monoisotopic (exact) mass is 339 g/mol. The Hall–Kier alpha value is -0.300. The van der Waals surface area contributed by atoms with Crippen LogP contribution in [0.25, 0.3) is 0 Å². The molecule has 1 saturated carbocycles. The lowest BCUT2D eigenvalue weighted by Gasteiger charge is -2.52. The fourth-order valence-corrected chi connectivity index (χ4v) is 6.75. The average molecular weight is 340 g/mol. The summed E-state index contributed by atoms with van der Waals surface area (Å²) in [4.78, 5) is 14.8. The number of β-amino-alcohol motifs (C(OH)–C–C–N with tert-alkyl or cyclic N) is 1. The third kappa shape index (κ3) is 2.92. The van der Waals surface area contributed by atoms with E-state index in [1.165, 1.54) is 0 Å². The molecule has 0 aromatic rings. The number of thioether (sulfide) groups is 1. The van der Waals surface area contributed by atoms with Gasteiger partial charge in [0, 0.05) is 42.9 Å². The minimum Gasteiger partial charge on any atom is -0.387 e. The Bertz CT molecular complexity index is 468. The number of piperidine rings is 1. The Labute approximate surface area is 142 Å². The van der Waals surface area contributed by atoms with E-state index in [1.807, 2.05) is 11.8 Å². The molecule has 3 heterocycles. The van der Waals surface area contributed by atoms with Crippen molar-refractivity contribution in [1.29, 1.82) is 0 Å². The molecular formula is C17H29N3O2S. The fourth-order valence-electron chi connectivity index (χ4n) is 4.93. The van der Waals surface area contributed by atoms with E-state index in [0.29, 0.717) is 35.7 Å². The first kappa shape index (κ1) is 16.2. The Morgan fingerprint density at radius 2 is 1.87 bits per heavy atom. The fraction of sp³-hybridized carbons (Fsp3) is 0.941. The van der Waals surface area contributed by atoms with Crippen LogP contribution in [0.2, 0.25) is 0 Å². The molecule has 5 nitrogen and oxygen atoms in total. The number of nitrogens with two attached hydrogens (primary N) is 1. The number of nitrogens with one attached hydrogen (secondary N) is 1. The summed E-state index contributed by atoms with van der Waals surface area (Å²) >= 11 is 2.05. The van der Waals surface area contributed by atoms with Crippen molar-refractivity contribution < 1.29 is 9.90 Å². The molecule has 4 N–H and O–H groups in total. The van der Waals surface area contributed by atoms with Gasteiger partial charge in [0.05, 0.1) is 5.60 Å². The van der Waals surface area contributed by atoms with Gasteiger partial charge in [0.1, 0.15) is 0 Å². The van der Waals surface area contributed by atoms with E-state index in [2.05, 4.69) is 10.2 Å². The summed E-state index contributed by atoms with van der Waals surface area (Å²) in [5, 5.41) is 13.6. The highest BCUT2D eigenvalue weighted by Crippen LogP contribution is 2.54. The van der Waals surface area contributed by atoms with Crippen LogP contribution in [0.1, 0.15) is 38.5 Å². The predicted octanol–water partition coefficient (Wildman–Crippen LogP) is 0.562. The Kier molecular flexibility index (Phi) is 4.15. The van der Waals surface area contributed by atoms with Gasteiger partial charge >= 0.3 is 0 Å². The van der Waals surface area contributed by atoms with Gasteiger partial charge in [-0.2, -0.15) is 11.8 Å². The summed E-state index contributed by atoms with van der Waals surface area (Å²) in [6.45, 7) is 3.08. The summed E-state index contributed by atoms with van der Waals surface area (Å²) in [6, 6.07) is 0.333. The molecular weight excluding hydrogens is 310 g/mol. The topological polar surface area (TPSA) is 78.6 Å². The number of hydrogen-bond acceptors (Lipinski definition) is 5. The van der Waals surface area contributed by atoms with Crippen LogP contribution in [-0.2, 0) is 4.79 Å². The minimum absolute atomic E-state index is 0.220. The van der Waals surface area contributed by atoms with Gasteiger partial charge in [-0.1, -0.05) is 0 Å². The molecule has 1 amide bonds. The van der Waals surface area contributed by atoms with Crippen LogP contribution in [0.5, 0.6) is 0 Å². The highest BCUT2D eigenvalue weighted by Gasteiger charge is 2.51. The maximum Gasteiger partial charge on any atom is 0.225 e. The number of rotatable bonds is 2. The van der Waals surface area contributed by atoms with Crippen LogP contribution in [0.4, 0.5) is 0 Å². The van der Waals surface area contributed by atoms with Crippen molar-refractivity contribution in [2.24, 2.45) is 17.6 Å². The quantitative estimate of drug-likeness (QED) is 0.685. The van der Waals surface area contributed by atoms with Crippen molar-refractivity contribution in [3.05, 3.63) is 0 Å². The van der Waals surface area contributed by atoms with Crippen molar-refractivity contribution in [3.63, 3.8) is 0 Å². The molecule has 4 fully saturated rings. The molecule has 0 radical (unpaired) electrons. The number of amides is 1. The van der Waals surface area contributed by atoms with E-state index < -0.39 is 5.60 Å². The lowest BCUT2D eigenvalue weighted by molar-refractivity contribution is -0.143. The molecule has 1 spiro atoms. The molecule has 3 saturated heterocycles. The van der Waals surface area contributed by atoms with Gasteiger partial charge in [0.2, 0.25) is 5.91 Å². The standard InChI is InChI=1S/C17H29N3O2S/c18-14-3-6-23-16(9-14)7-12(8-16)15(21)20-4-1-13(2-5-20)17(22)10-19-11-17/h12-14,19,22H,1-11,18H2. The molecule has 0 aromatic heterocycles. The van der Waals surface area contributed by atoms with Gasteiger partial charge in [0.25, 0.3) is 0 Å². The van der Waals surface area contributed by atoms with Crippen molar-refractivity contribution in [1.82, 2.24) is 10.2 Å². The smallest absolute Gasteiger partial charge is 0.225 e. The number of carbonyl (C=O) groups excluding carboxylic acids is 1. The highest BCUT2D eigenvalue weighted by molar-refractivity contribution is 8.00. The van der Waals surface area contributed by atoms with Crippen LogP contribution >= 0.6 is 11.8 Å². The zero-order valence-corrected chi connectivity index (χ0v) is 14.6. The van der Waals surface area contributed by atoms with Gasteiger partial charge in [0.15, 0.2) is 0 Å². The largest absolute Gasteiger partial charge is 0.387 e. The summed E-state index contributed by atoms with van der Waals surface area (Å²) in [6.07, 6.45) is 6.15. The zero-order valence-electron chi connectivity index (χ0n) is 13.8. The molecule has 130 valence electrons. The van der Waals surface area contributed by atoms with Crippen molar-refractivity contribution >= 4 is 17.7 Å². The third-order valence-corrected chi connectivity index (χ3v) is 8.10. The van der Waals surface area contributed by atoms with E-state index in [0.717, 1.165) is 57.4 Å². The van der Waals surface area contributed by atoms with Crippen molar-refractivity contribution in [2.45, 2.75) is 54.9 Å². The SMILES string of the molecule is NC1CCSC2(C1)CC(C(=O)N1CCC(C3(O)CNC3)CC1)C2. The summed E-state index contributed by atoms with van der Waals surface area (Å²) in [7, 11) is 0. The molecule has 0 aromatic carbocycles. The lowest BCUT2D eigenvalue weighted by atomic mass is 9.69. The van der Waals surface area contributed by atoms with Crippen LogP contribution in [0, 0.1) is 11.8 Å². The number of hydrogen-bond donors (Lipinski definition) is 3. The molecule has 6 heteroatoms. The average Bonchev–Trinajstić information content (AvgIpc) is 2.49. The predicted molar refractivity (Wildman–Crippen MR) is 92.2 cm³/mol. The van der Waals surface area contributed by atoms with E-state index in [-0.39, 0.29) is 5.92 Å². The summed E-state index contributed by atoms with van der Waals surface area (Å²) in [5.74, 6) is 2.08. The van der Waals surface area contributed by atoms with Crippen LogP contribution in [0.3, 0.4) is 0 Å². The number of likely N-dealkylation sites (tertiary alicyclic amines) is 1. The van der Waals surface area contributed by atoms with Crippen molar-refractivity contribution in [3.8, 4) is 0 Å². The van der Waals surface area contributed by atoms with E-state index in [4.69, 9.17) is 5.73 Å². The van der Waals surface area contributed by atoms with Crippen molar-refractivity contribution in [2.75, 3.05) is 31.9 Å². The Morgan fingerprint density at radius 1 is 1.17 bits per heavy atom. The van der Waals surface area contributed by atoms with Gasteiger partial charge < -0.3 is 21.1 Å². The third-order valence-electron chi connectivity index (χ3n) is 6.55. The first-order valence-corrected chi connectivity index (χ1v) is 10.1. The molecule has 3 aliphatic heterocycles. The molecule has 1 aliphatic carbocycles. The molecule has 1 atom stereocenters. The normalized spacial score (nSPS) is 40.5. The van der Waals surface area contributed by atoms with Crippen LogP contribution in [0.15, 0.2) is 0 Å². The van der Waals surface area contributed by atoms with Gasteiger partial charge in [-0.25, -0.2) is 0 Å². The lowest BCUT2D eigenvalue weighted by Crippen LogP contribution is -2.65. The molecule has 4 rings (SSSR count). The molecule has 1 unspecified atom stereocenters. The highest BCUT2D eigenvalue weighted by atomic mass is 32.2. The second-order valence-corrected chi connectivity index (χ2v) is 9.76. The minimum atomic E-state index is -0.509. The Balaban J connectivity index is 1.27.